The van der Waals surface area contributed by atoms with Crippen LogP contribution in [0.2, 0.25) is 0 Å². The van der Waals surface area contributed by atoms with Crippen LogP contribution in [0.15, 0.2) is 0 Å². The minimum absolute atomic E-state index is 0.00696. The standard InChI is InChI=1S/C16H26O4/c1-16(2)14-12(8-5-9-18-14)15(16)20-13(17)10-19-11-6-3-4-7-11/h11-12,14-15H,3-10H2,1-2H3. The normalized spacial score (nSPS) is 36.2. The molecule has 0 aromatic heterocycles. The third-order valence-electron chi connectivity index (χ3n) is 5.22. The maximum absolute atomic E-state index is 12.0. The van der Waals surface area contributed by atoms with Crippen molar-refractivity contribution in [3.05, 3.63) is 0 Å². The highest BCUT2D eigenvalue weighted by Gasteiger charge is 2.60. The fourth-order valence-corrected chi connectivity index (χ4v) is 4.13. The summed E-state index contributed by atoms with van der Waals surface area (Å²) in [6, 6.07) is 0. The Morgan fingerprint density at radius 3 is 2.70 bits per heavy atom. The summed E-state index contributed by atoms with van der Waals surface area (Å²) < 4.78 is 17.1. The first-order valence-corrected chi connectivity index (χ1v) is 8.02. The molecular formula is C16H26O4. The Morgan fingerprint density at radius 2 is 1.95 bits per heavy atom. The fourth-order valence-electron chi connectivity index (χ4n) is 4.13. The second-order valence-corrected chi connectivity index (χ2v) is 7.05. The van der Waals surface area contributed by atoms with Gasteiger partial charge in [-0.3, -0.25) is 0 Å². The zero-order chi connectivity index (χ0) is 14.2. The van der Waals surface area contributed by atoms with Crippen molar-refractivity contribution in [3.63, 3.8) is 0 Å². The van der Waals surface area contributed by atoms with Gasteiger partial charge in [-0.1, -0.05) is 26.7 Å². The molecule has 1 aliphatic heterocycles. The van der Waals surface area contributed by atoms with Crippen LogP contribution in [0.3, 0.4) is 0 Å². The van der Waals surface area contributed by atoms with Crippen molar-refractivity contribution in [2.75, 3.05) is 13.2 Å². The van der Waals surface area contributed by atoms with Crippen LogP contribution in [-0.2, 0) is 19.0 Å². The van der Waals surface area contributed by atoms with Crippen molar-refractivity contribution < 1.29 is 19.0 Å². The zero-order valence-electron chi connectivity index (χ0n) is 12.6. The topological polar surface area (TPSA) is 44.8 Å². The molecule has 0 aromatic carbocycles. The van der Waals surface area contributed by atoms with Crippen molar-refractivity contribution in [1.29, 1.82) is 0 Å². The van der Waals surface area contributed by atoms with Gasteiger partial charge < -0.3 is 14.2 Å². The third kappa shape index (κ3) is 2.60. The number of ether oxygens (including phenoxy) is 3. The van der Waals surface area contributed by atoms with Crippen LogP contribution in [0, 0.1) is 11.3 Å². The number of fused-ring (bicyclic) bond motifs is 1. The van der Waals surface area contributed by atoms with Gasteiger partial charge in [0.1, 0.15) is 12.7 Å². The molecule has 114 valence electrons. The van der Waals surface area contributed by atoms with Gasteiger partial charge in [0.2, 0.25) is 0 Å². The average Bonchev–Trinajstić information content (AvgIpc) is 2.96. The first-order valence-electron chi connectivity index (χ1n) is 8.02. The van der Waals surface area contributed by atoms with Crippen LogP contribution >= 0.6 is 0 Å². The van der Waals surface area contributed by atoms with Crippen molar-refractivity contribution >= 4 is 5.97 Å². The van der Waals surface area contributed by atoms with Gasteiger partial charge in [-0.2, -0.15) is 0 Å². The summed E-state index contributed by atoms with van der Waals surface area (Å²) in [6.45, 7) is 5.22. The highest BCUT2D eigenvalue weighted by atomic mass is 16.6. The molecule has 4 heteroatoms. The van der Waals surface area contributed by atoms with Crippen molar-refractivity contribution in [1.82, 2.24) is 0 Å². The quantitative estimate of drug-likeness (QED) is 0.744. The molecule has 3 unspecified atom stereocenters. The molecular weight excluding hydrogens is 256 g/mol. The molecule has 0 N–H and O–H groups in total. The van der Waals surface area contributed by atoms with Crippen molar-refractivity contribution in [3.8, 4) is 0 Å². The Labute approximate surface area is 121 Å². The smallest absolute Gasteiger partial charge is 0.332 e. The van der Waals surface area contributed by atoms with Crippen LogP contribution in [0.25, 0.3) is 0 Å². The predicted octanol–water partition coefficient (Wildman–Crippen LogP) is 2.69. The second-order valence-electron chi connectivity index (χ2n) is 7.05. The lowest BCUT2D eigenvalue weighted by atomic mass is 9.57. The molecule has 0 amide bonds. The molecule has 2 aliphatic carbocycles. The summed E-state index contributed by atoms with van der Waals surface area (Å²) in [7, 11) is 0. The molecule has 0 spiro atoms. The summed E-state index contributed by atoms with van der Waals surface area (Å²) in [6.07, 6.45) is 7.30. The van der Waals surface area contributed by atoms with Gasteiger partial charge in [0.15, 0.2) is 0 Å². The van der Waals surface area contributed by atoms with E-state index in [1.54, 1.807) is 0 Å². The Kier molecular flexibility index (Phi) is 4.04. The maximum Gasteiger partial charge on any atom is 0.332 e. The molecule has 2 saturated carbocycles. The highest BCUT2D eigenvalue weighted by molar-refractivity contribution is 5.71. The lowest BCUT2D eigenvalue weighted by Gasteiger charge is -2.58. The average molecular weight is 282 g/mol. The Morgan fingerprint density at radius 1 is 1.20 bits per heavy atom. The molecule has 3 rings (SSSR count). The molecule has 3 atom stereocenters. The van der Waals surface area contributed by atoms with E-state index in [1.165, 1.54) is 12.8 Å². The van der Waals surface area contributed by atoms with E-state index in [0.717, 1.165) is 32.3 Å². The molecule has 1 heterocycles. The maximum atomic E-state index is 12.0. The number of carbonyl (C=O) groups is 1. The van der Waals surface area contributed by atoms with Gasteiger partial charge in [0, 0.05) is 17.9 Å². The minimum atomic E-state index is -0.209. The van der Waals surface area contributed by atoms with E-state index < -0.39 is 0 Å². The predicted molar refractivity (Wildman–Crippen MR) is 74.3 cm³/mol. The van der Waals surface area contributed by atoms with Crippen molar-refractivity contribution in [2.45, 2.75) is 70.7 Å². The first-order chi connectivity index (χ1) is 9.59. The van der Waals surface area contributed by atoms with Crippen LogP contribution in [0.1, 0.15) is 52.4 Å². The van der Waals surface area contributed by atoms with Crippen LogP contribution in [0.5, 0.6) is 0 Å². The molecule has 3 fully saturated rings. The number of hydrogen-bond acceptors (Lipinski definition) is 4. The minimum Gasteiger partial charge on any atom is -0.460 e. The summed E-state index contributed by atoms with van der Waals surface area (Å²) in [5.41, 5.74) is -0.0614. The van der Waals surface area contributed by atoms with Crippen LogP contribution in [-0.4, -0.2) is 37.5 Å². The third-order valence-corrected chi connectivity index (χ3v) is 5.22. The van der Waals surface area contributed by atoms with E-state index in [1.807, 2.05) is 0 Å². The van der Waals surface area contributed by atoms with Crippen LogP contribution in [0.4, 0.5) is 0 Å². The summed E-state index contributed by atoms with van der Waals surface area (Å²) in [5, 5.41) is 0. The second kappa shape index (κ2) is 5.64. The Balaban J connectivity index is 1.48. The number of esters is 1. The molecule has 1 saturated heterocycles. The zero-order valence-corrected chi connectivity index (χ0v) is 12.6. The number of carbonyl (C=O) groups excluding carboxylic acids is 1. The molecule has 0 aromatic rings. The molecule has 4 nitrogen and oxygen atoms in total. The first kappa shape index (κ1) is 14.3. The largest absolute Gasteiger partial charge is 0.460 e. The fraction of sp³-hybridized carbons (Fsp3) is 0.938. The molecule has 0 bridgehead atoms. The van der Waals surface area contributed by atoms with E-state index >= 15 is 0 Å². The monoisotopic (exact) mass is 282 g/mol. The van der Waals surface area contributed by atoms with Crippen molar-refractivity contribution in [2.24, 2.45) is 11.3 Å². The number of hydrogen-bond donors (Lipinski definition) is 0. The van der Waals surface area contributed by atoms with Gasteiger partial charge in [-0.05, 0) is 25.7 Å². The SMILES string of the molecule is CC1(C)C2OCCCC2C1OC(=O)COC1CCCC1. The summed E-state index contributed by atoms with van der Waals surface area (Å²) in [5.74, 6) is 0.174. The van der Waals surface area contributed by atoms with E-state index in [9.17, 15) is 4.79 Å². The highest BCUT2D eigenvalue weighted by Crippen LogP contribution is 2.52. The molecule has 3 aliphatic rings. The van der Waals surface area contributed by atoms with Gasteiger partial charge >= 0.3 is 5.97 Å². The Bertz CT molecular complexity index is 359. The summed E-state index contributed by atoms with van der Waals surface area (Å²) >= 11 is 0. The lowest BCUT2D eigenvalue weighted by Crippen LogP contribution is -2.65. The van der Waals surface area contributed by atoms with Gasteiger partial charge in [0.05, 0.1) is 12.2 Å². The van der Waals surface area contributed by atoms with Gasteiger partial charge in [-0.25, -0.2) is 4.79 Å². The van der Waals surface area contributed by atoms with E-state index in [-0.39, 0.29) is 36.3 Å². The van der Waals surface area contributed by atoms with Gasteiger partial charge in [-0.15, -0.1) is 0 Å². The molecule has 0 radical (unpaired) electrons. The van der Waals surface area contributed by atoms with Gasteiger partial charge in [0.25, 0.3) is 0 Å². The van der Waals surface area contributed by atoms with E-state index in [0.29, 0.717) is 5.92 Å². The van der Waals surface area contributed by atoms with Crippen LogP contribution < -0.4 is 0 Å². The lowest BCUT2D eigenvalue weighted by molar-refractivity contribution is -0.256. The molecule has 20 heavy (non-hydrogen) atoms. The number of rotatable bonds is 4. The Hall–Kier alpha value is -0.610. The van der Waals surface area contributed by atoms with E-state index in [4.69, 9.17) is 14.2 Å². The van der Waals surface area contributed by atoms with E-state index in [2.05, 4.69) is 13.8 Å². The summed E-state index contributed by atoms with van der Waals surface area (Å²) in [4.78, 5) is 12.0.